The summed E-state index contributed by atoms with van der Waals surface area (Å²) in [5, 5.41) is 6.75. The van der Waals surface area contributed by atoms with Crippen LogP contribution in [0.15, 0.2) is 29.6 Å². The first-order valence-electron chi connectivity index (χ1n) is 8.22. The molecule has 1 aromatic heterocycles. The summed E-state index contributed by atoms with van der Waals surface area (Å²) in [6, 6.07) is 8.79. The highest BCUT2D eigenvalue weighted by Gasteiger charge is 2.26. The molecule has 3 N–H and O–H groups in total. The van der Waals surface area contributed by atoms with Gasteiger partial charge < -0.3 is 11.1 Å². The average molecular weight is 353 g/mol. The molecule has 1 aliphatic rings. The summed E-state index contributed by atoms with van der Waals surface area (Å²) >= 11 is 1.79. The summed E-state index contributed by atoms with van der Waals surface area (Å²) < 4.78 is 1.33. The molecule has 0 aliphatic heterocycles. The third-order valence-electron chi connectivity index (χ3n) is 4.72. The van der Waals surface area contributed by atoms with E-state index in [2.05, 4.69) is 35.0 Å². The van der Waals surface area contributed by atoms with Crippen molar-refractivity contribution in [3.05, 3.63) is 35.2 Å². The second kappa shape index (κ2) is 8.67. The summed E-state index contributed by atoms with van der Waals surface area (Å²) in [6.45, 7) is 0.686. The van der Waals surface area contributed by atoms with Gasteiger partial charge in [-0.3, -0.25) is 4.79 Å². The van der Waals surface area contributed by atoms with Crippen LogP contribution in [0.25, 0.3) is 10.1 Å². The molecule has 0 spiro atoms. The normalized spacial score (nSPS) is 20.4. The van der Waals surface area contributed by atoms with Crippen molar-refractivity contribution in [1.29, 1.82) is 0 Å². The SMILES string of the molecule is Cl.NCC1CCCC1NC(=O)CCCc1csc2ccccc12. The zero-order valence-corrected chi connectivity index (χ0v) is 14.9. The minimum Gasteiger partial charge on any atom is -0.353 e. The second-order valence-electron chi connectivity index (χ2n) is 6.21. The highest BCUT2D eigenvalue weighted by molar-refractivity contribution is 7.17. The maximum atomic E-state index is 12.1. The van der Waals surface area contributed by atoms with E-state index in [-0.39, 0.29) is 18.3 Å². The van der Waals surface area contributed by atoms with Crippen molar-refractivity contribution in [2.24, 2.45) is 11.7 Å². The lowest BCUT2D eigenvalue weighted by molar-refractivity contribution is -0.122. The lowest BCUT2D eigenvalue weighted by Gasteiger charge is -2.19. The van der Waals surface area contributed by atoms with Gasteiger partial charge in [0.25, 0.3) is 0 Å². The maximum Gasteiger partial charge on any atom is 0.220 e. The van der Waals surface area contributed by atoms with E-state index in [1.165, 1.54) is 22.1 Å². The molecule has 3 rings (SSSR count). The van der Waals surface area contributed by atoms with Gasteiger partial charge in [0.15, 0.2) is 0 Å². The molecular formula is C18H25ClN2OS. The Bertz CT molecular complexity index is 643. The number of amides is 1. The first kappa shape index (κ1) is 18.2. The first-order valence-corrected chi connectivity index (χ1v) is 9.10. The van der Waals surface area contributed by atoms with E-state index < -0.39 is 0 Å². The van der Waals surface area contributed by atoms with Gasteiger partial charge in [-0.15, -0.1) is 23.7 Å². The number of aryl methyl sites for hydroxylation is 1. The van der Waals surface area contributed by atoms with Crippen molar-refractivity contribution in [2.45, 2.75) is 44.6 Å². The second-order valence-corrected chi connectivity index (χ2v) is 7.12. The number of nitrogens with two attached hydrogens (primary N) is 1. The highest BCUT2D eigenvalue weighted by Crippen LogP contribution is 2.27. The molecule has 0 radical (unpaired) electrons. The van der Waals surface area contributed by atoms with E-state index in [1.54, 1.807) is 11.3 Å². The Morgan fingerprint density at radius 1 is 1.30 bits per heavy atom. The fourth-order valence-electron chi connectivity index (χ4n) is 3.45. The number of thiophene rings is 1. The fourth-order valence-corrected chi connectivity index (χ4v) is 4.45. The summed E-state index contributed by atoms with van der Waals surface area (Å²) in [5.74, 6) is 0.662. The van der Waals surface area contributed by atoms with Crippen LogP contribution < -0.4 is 11.1 Å². The van der Waals surface area contributed by atoms with Crippen molar-refractivity contribution in [1.82, 2.24) is 5.32 Å². The molecule has 1 fully saturated rings. The van der Waals surface area contributed by atoms with Gasteiger partial charge in [0.05, 0.1) is 0 Å². The number of fused-ring (bicyclic) bond motifs is 1. The molecule has 2 aromatic rings. The Labute approximate surface area is 148 Å². The maximum absolute atomic E-state index is 12.1. The summed E-state index contributed by atoms with van der Waals surface area (Å²) in [4.78, 5) is 12.1. The molecule has 2 atom stereocenters. The number of halogens is 1. The molecule has 3 nitrogen and oxygen atoms in total. The molecule has 1 heterocycles. The number of benzene rings is 1. The minimum atomic E-state index is 0. The summed E-state index contributed by atoms with van der Waals surface area (Å²) in [7, 11) is 0. The molecule has 0 bridgehead atoms. The van der Waals surface area contributed by atoms with Crippen molar-refractivity contribution in [2.75, 3.05) is 6.54 Å². The van der Waals surface area contributed by atoms with Gasteiger partial charge in [0.2, 0.25) is 5.91 Å². The number of rotatable bonds is 6. The summed E-state index contributed by atoms with van der Waals surface area (Å²) in [6.07, 6.45) is 5.92. The molecule has 0 saturated heterocycles. The van der Waals surface area contributed by atoms with Crippen molar-refractivity contribution < 1.29 is 4.79 Å². The molecule has 23 heavy (non-hydrogen) atoms. The first-order chi connectivity index (χ1) is 10.8. The molecule has 126 valence electrons. The number of carbonyl (C=O) groups is 1. The average Bonchev–Trinajstić information content (AvgIpc) is 3.14. The Morgan fingerprint density at radius 2 is 2.13 bits per heavy atom. The zero-order chi connectivity index (χ0) is 15.4. The van der Waals surface area contributed by atoms with Gasteiger partial charge >= 0.3 is 0 Å². The van der Waals surface area contributed by atoms with E-state index in [1.807, 2.05) is 0 Å². The predicted octanol–water partition coefficient (Wildman–Crippen LogP) is 3.89. The minimum absolute atomic E-state index is 0. The van der Waals surface area contributed by atoms with Crippen LogP contribution in [0.2, 0.25) is 0 Å². The molecule has 1 aromatic carbocycles. The van der Waals surface area contributed by atoms with Crippen LogP contribution in [-0.4, -0.2) is 18.5 Å². The van der Waals surface area contributed by atoms with Crippen LogP contribution in [0.1, 0.15) is 37.7 Å². The number of hydrogen-bond acceptors (Lipinski definition) is 3. The quantitative estimate of drug-likeness (QED) is 0.828. The Balaban J connectivity index is 0.00000192. The standard InChI is InChI=1S/C18H24N2OS.ClH/c19-11-13-5-3-8-16(13)20-18(21)10-4-6-14-12-22-17-9-2-1-7-15(14)17;/h1-2,7,9,12-13,16H,3-6,8,10-11,19H2,(H,20,21);1H. The van der Waals surface area contributed by atoms with Crippen LogP contribution in [0.5, 0.6) is 0 Å². The third-order valence-corrected chi connectivity index (χ3v) is 5.73. The van der Waals surface area contributed by atoms with Gasteiger partial charge in [-0.25, -0.2) is 0 Å². The van der Waals surface area contributed by atoms with Gasteiger partial charge in [-0.1, -0.05) is 24.6 Å². The van der Waals surface area contributed by atoms with Gasteiger partial charge in [0, 0.05) is 17.2 Å². The molecule has 1 saturated carbocycles. The number of hydrogen-bond donors (Lipinski definition) is 2. The Hall–Kier alpha value is -1.10. The highest BCUT2D eigenvalue weighted by atomic mass is 35.5. The van der Waals surface area contributed by atoms with Gasteiger partial charge in [-0.05, 0) is 60.5 Å². The zero-order valence-electron chi connectivity index (χ0n) is 13.3. The van der Waals surface area contributed by atoms with E-state index >= 15 is 0 Å². The van der Waals surface area contributed by atoms with Gasteiger partial charge in [0.1, 0.15) is 0 Å². The summed E-state index contributed by atoms with van der Waals surface area (Å²) in [5.41, 5.74) is 7.14. The van der Waals surface area contributed by atoms with Crippen LogP contribution in [0, 0.1) is 5.92 Å². The van der Waals surface area contributed by atoms with Crippen LogP contribution in [-0.2, 0) is 11.2 Å². The predicted molar refractivity (Wildman–Crippen MR) is 100 cm³/mol. The van der Waals surface area contributed by atoms with Crippen molar-refractivity contribution in [3.8, 4) is 0 Å². The molecular weight excluding hydrogens is 328 g/mol. The van der Waals surface area contributed by atoms with E-state index in [9.17, 15) is 4.79 Å². The molecule has 2 unspecified atom stereocenters. The Morgan fingerprint density at radius 3 is 2.96 bits per heavy atom. The molecule has 1 aliphatic carbocycles. The lowest BCUT2D eigenvalue weighted by Crippen LogP contribution is -2.39. The van der Waals surface area contributed by atoms with Gasteiger partial charge in [-0.2, -0.15) is 0 Å². The monoisotopic (exact) mass is 352 g/mol. The van der Waals surface area contributed by atoms with E-state index in [4.69, 9.17) is 5.73 Å². The van der Waals surface area contributed by atoms with Crippen LogP contribution in [0.3, 0.4) is 0 Å². The smallest absolute Gasteiger partial charge is 0.220 e. The molecule has 1 amide bonds. The topological polar surface area (TPSA) is 55.1 Å². The van der Waals surface area contributed by atoms with E-state index in [0.717, 1.165) is 25.7 Å². The third kappa shape index (κ3) is 4.46. The van der Waals surface area contributed by atoms with E-state index in [0.29, 0.717) is 24.9 Å². The number of carbonyl (C=O) groups excluding carboxylic acids is 1. The fraction of sp³-hybridized carbons (Fsp3) is 0.500. The largest absolute Gasteiger partial charge is 0.353 e. The van der Waals surface area contributed by atoms with Crippen LogP contribution in [0.4, 0.5) is 0 Å². The number of nitrogens with one attached hydrogen (secondary N) is 1. The van der Waals surface area contributed by atoms with Crippen LogP contribution >= 0.6 is 23.7 Å². The molecule has 5 heteroatoms. The lowest BCUT2D eigenvalue weighted by atomic mass is 10.0. The van der Waals surface area contributed by atoms with Crippen molar-refractivity contribution in [3.63, 3.8) is 0 Å². The van der Waals surface area contributed by atoms with Crippen molar-refractivity contribution >= 4 is 39.7 Å². The Kier molecular flexibility index (Phi) is 6.88.